The summed E-state index contributed by atoms with van der Waals surface area (Å²) in [6.45, 7) is 2.27. The number of hydrogen-bond acceptors (Lipinski definition) is 2. The van der Waals surface area contributed by atoms with Crippen molar-refractivity contribution in [2.75, 3.05) is 20.1 Å². The molecule has 0 atom stereocenters. The zero-order valence-electron chi connectivity index (χ0n) is 8.36. The lowest BCUT2D eigenvalue weighted by atomic mass is 9.52. The summed E-state index contributed by atoms with van der Waals surface area (Å²) in [7, 11) is 11.2. The third kappa shape index (κ3) is 2.60. The van der Waals surface area contributed by atoms with Crippen LogP contribution in [-0.2, 0) is 0 Å². The van der Waals surface area contributed by atoms with Gasteiger partial charge in [0.15, 0.2) is 0 Å². The van der Waals surface area contributed by atoms with Gasteiger partial charge in [-0.15, -0.1) is 0 Å². The molecule has 1 aliphatic heterocycles. The maximum Gasteiger partial charge on any atom is 0.118 e. The van der Waals surface area contributed by atoms with Gasteiger partial charge in [0.25, 0.3) is 0 Å². The molecule has 1 rings (SSSR count). The molecule has 58 valence electrons. The third-order valence-electron chi connectivity index (χ3n) is 2.01. The first-order valence-electron chi connectivity index (χ1n) is 4.29. The van der Waals surface area contributed by atoms with Crippen molar-refractivity contribution in [2.24, 2.45) is 0 Å². The molecule has 1 heterocycles. The van der Waals surface area contributed by atoms with E-state index >= 15 is 0 Å². The van der Waals surface area contributed by atoms with E-state index in [2.05, 4.69) is 48.6 Å². The number of likely N-dealkylation sites (N-methyl/N-ethyl adjacent to an activating group) is 1. The highest BCUT2D eigenvalue weighted by molar-refractivity contribution is 6.44. The molecule has 1 fully saturated rings. The minimum Gasteiger partial charge on any atom is -0.334 e. The molecule has 1 saturated heterocycles. The van der Waals surface area contributed by atoms with Crippen LogP contribution in [0, 0.1) is 0 Å². The van der Waals surface area contributed by atoms with Gasteiger partial charge in [-0.05, 0) is 17.7 Å². The molecule has 0 spiro atoms. The second kappa shape index (κ2) is 2.60. The Morgan fingerprint density at radius 1 is 1.09 bits per heavy atom. The summed E-state index contributed by atoms with van der Waals surface area (Å²) < 4.78 is 0. The fourth-order valence-corrected chi connectivity index (χ4v) is 2.40. The van der Waals surface area contributed by atoms with Crippen LogP contribution in [0.2, 0.25) is 0 Å². The lowest BCUT2D eigenvalue weighted by molar-refractivity contribution is 0.224. The second-order valence-electron chi connectivity index (χ2n) is 5.07. The van der Waals surface area contributed by atoms with Gasteiger partial charge in [0, 0.05) is 13.1 Å². The molecule has 11 heavy (non-hydrogen) atoms. The molecule has 0 bridgehead atoms. The Hall–Kier alpha value is 0.180. The van der Waals surface area contributed by atoms with Crippen molar-refractivity contribution < 1.29 is 0 Å². The summed E-state index contributed by atoms with van der Waals surface area (Å²) >= 11 is 0. The van der Waals surface area contributed by atoms with Crippen molar-refractivity contribution in [1.82, 2.24) is 10.2 Å². The minimum absolute atomic E-state index is 0.260. The van der Waals surface area contributed by atoms with Gasteiger partial charge in [0.1, 0.15) is 31.4 Å². The van der Waals surface area contributed by atoms with E-state index in [9.17, 15) is 0 Å². The first-order chi connectivity index (χ1) is 4.81. The molecule has 0 aliphatic carbocycles. The second-order valence-corrected chi connectivity index (χ2v) is 5.07. The lowest BCUT2D eigenvalue weighted by Gasteiger charge is -2.48. The predicted molar refractivity (Wildman–Crippen MR) is 60.3 cm³/mol. The Morgan fingerprint density at radius 2 is 1.45 bits per heavy atom. The third-order valence-corrected chi connectivity index (χ3v) is 2.01. The monoisotopic (exact) mass is 148 g/mol. The van der Waals surface area contributed by atoms with E-state index in [-0.39, 0.29) is 10.7 Å². The molecule has 0 aromatic carbocycles. The van der Waals surface area contributed by atoms with E-state index in [1.165, 1.54) is 0 Å². The van der Waals surface area contributed by atoms with Gasteiger partial charge in [-0.3, -0.25) is 0 Å². The van der Waals surface area contributed by atoms with Crippen LogP contribution in [0.4, 0.5) is 0 Å². The van der Waals surface area contributed by atoms with Crippen molar-refractivity contribution in [1.29, 1.82) is 0 Å². The van der Waals surface area contributed by atoms with E-state index in [1.807, 2.05) is 0 Å². The first-order valence-corrected chi connectivity index (χ1v) is 4.29. The Balaban J connectivity index is 2.66. The average Bonchev–Trinajstić information content (AvgIpc) is 1.49. The molecule has 0 unspecified atom stereocenters. The summed E-state index contributed by atoms with van der Waals surface area (Å²) in [4.78, 5) is 2.39. The van der Waals surface area contributed by atoms with E-state index in [0.29, 0.717) is 0 Å². The van der Waals surface area contributed by atoms with Crippen LogP contribution in [-0.4, -0.2) is 67.1 Å². The van der Waals surface area contributed by atoms with Crippen molar-refractivity contribution in [3.63, 3.8) is 0 Å². The smallest absolute Gasteiger partial charge is 0.118 e. The van der Waals surface area contributed by atoms with Crippen LogP contribution < -0.4 is 5.32 Å². The molecule has 0 aromatic rings. The Bertz CT molecular complexity index is 143. The van der Waals surface area contributed by atoms with Crippen molar-refractivity contribution >= 4 is 31.4 Å². The first kappa shape index (κ1) is 9.27. The normalized spacial score (nSPS) is 29.9. The molecule has 0 saturated carbocycles. The number of nitrogens with zero attached hydrogens (tertiary/aromatic N) is 1. The highest BCUT2D eigenvalue weighted by atomic mass is 15.2. The van der Waals surface area contributed by atoms with Gasteiger partial charge < -0.3 is 10.2 Å². The van der Waals surface area contributed by atoms with Crippen molar-refractivity contribution in [3.05, 3.63) is 0 Å². The molecule has 0 aromatic heterocycles. The molecule has 1 N–H and O–H groups in total. The van der Waals surface area contributed by atoms with E-state index in [1.54, 1.807) is 0 Å². The van der Waals surface area contributed by atoms with Crippen molar-refractivity contribution in [2.45, 2.75) is 10.7 Å². The summed E-state index contributed by atoms with van der Waals surface area (Å²) in [5.41, 5.74) is 0. The summed E-state index contributed by atoms with van der Waals surface area (Å²) in [6.07, 6.45) is 0. The van der Waals surface area contributed by atoms with E-state index in [0.717, 1.165) is 13.1 Å². The van der Waals surface area contributed by atoms with Gasteiger partial charge >= 0.3 is 0 Å². The highest BCUT2D eigenvalue weighted by Crippen LogP contribution is 2.10. The lowest BCUT2D eigenvalue weighted by Crippen LogP contribution is -2.72. The fourth-order valence-electron chi connectivity index (χ4n) is 2.40. The maximum absolute atomic E-state index is 3.62. The zero-order chi connectivity index (χ0) is 8.70. The quantitative estimate of drug-likeness (QED) is 0.347. The van der Waals surface area contributed by atoms with Gasteiger partial charge in [0.05, 0.1) is 0 Å². The fraction of sp³-hybridized carbons (Fsp3) is 1.00. The molecule has 6 heteroatoms. The van der Waals surface area contributed by atoms with Gasteiger partial charge in [-0.25, -0.2) is 0 Å². The number of rotatable bonds is 0. The topological polar surface area (TPSA) is 15.3 Å². The Labute approximate surface area is 73.1 Å². The van der Waals surface area contributed by atoms with E-state index < -0.39 is 0 Å². The molecule has 2 nitrogen and oxygen atoms in total. The molecular formula is C5H16B4N2. The summed E-state index contributed by atoms with van der Waals surface area (Å²) in [6, 6.07) is 0. The molecule has 1 aliphatic rings. The van der Waals surface area contributed by atoms with Crippen molar-refractivity contribution in [3.8, 4) is 0 Å². The van der Waals surface area contributed by atoms with Crippen LogP contribution >= 0.6 is 0 Å². The largest absolute Gasteiger partial charge is 0.334 e. The van der Waals surface area contributed by atoms with Crippen LogP contribution in [0.5, 0.6) is 0 Å². The van der Waals surface area contributed by atoms with Crippen LogP contribution in [0.25, 0.3) is 0 Å². The predicted octanol–water partition coefficient (Wildman–Crippen LogP) is -4.64. The molecular weight excluding hydrogens is 131 g/mol. The highest BCUT2D eigenvalue weighted by Gasteiger charge is 2.34. The molecule has 0 amide bonds. The van der Waals surface area contributed by atoms with Crippen LogP contribution in [0.15, 0.2) is 0 Å². The van der Waals surface area contributed by atoms with Crippen LogP contribution in [0.3, 0.4) is 0 Å². The number of nitrogens with one attached hydrogen (secondary N) is 1. The average molecular weight is 147 g/mol. The maximum atomic E-state index is 3.62. The Kier molecular flexibility index (Phi) is 2.19. The van der Waals surface area contributed by atoms with E-state index in [4.69, 9.17) is 0 Å². The van der Waals surface area contributed by atoms with Gasteiger partial charge in [0.2, 0.25) is 0 Å². The zero-order valence-corrected chi connectivity index (χ0v) is 8.36. The summed E-state index contributed by atoms with van der Waals surface area (Å²) in [5, 5.41) is 4.14. The van der Waals surface area contributed by atoms with Gasteiger partial charge in [-0.1, -0.05) is 0 Å². The number of piperazine rings is 1. The summed E-state index contributed by atoms with van der Waals surface area (Å²) in [5.74, 6) is 0. The Morgan fingerprint density at radius 3 is 1.73 bits per heavy atom. The number of hydrogen-bond donors (Lipinski definition) is 1. The minimum atomic E-state index is 0.260. The standard InChI is InChI=1S/C5H16B4N2/c1-11-2-4(6,7)10-5(8,9)3-11/h10H,2-3,6-9H2,1H3. The van der Waals surface area contributed by atoms with Crippen LogP contribution in [0.1, 0.15) is 0 Å². The molecule has 0 radical (unpaired) electrons. The SMILES string of the molecule is BC1(B)CN(C)CC(B)(B)N1. The van der Waals surface area contributed by atoms with Gasteiger partial charge in [-0.2, -0.15) is 0 Å².